The number of benzene rings is 1. The molecule has 2 atom stereocenters. The van der Waals surface area contributed by atoms with Crippen molar-refractivity contribution >= 4 is 34.7 Å². The minimum Gasteiger partial charge on any atom is -0.360 e. The third kappa shape index (κ3) is 2.94. The summed E-state index contributed by atoms with van der Waals surface area (Å²) in [5.41, 5.74) is 0.185. The van der Waals surface area contributed by atoms with E-state index < -0.39 is 4.92 Å². The highest BCUT2D eigenvalue weighted by atomic mass is 16.6. The number of imide groups is 1. The van der Waals surface area contributed by atoms with Crippen LogP contribution in [0, 0.1) is 28.9 Å². The molecule has 140 valence electrons. The highest BCUT2D eigenvalue weighted by molar-refractivity contribution is 6.22. The number of carbonyl (C=O) groups excluding carboxylic acids is 2. The van der Waals surface area contributed by atoms with Gasteiger partial charge in [-0.3, -0.25) is 19.7 Å². The topological polar surface area (TPSA) is 119 Å². The lowest BCUT2D eigenvalue weighted by atomic mass is 9.81. The van der Waals surface area contributed by atoms with Gasteiger partial charge in [0.25, 0.3) is 5.69 Å². The van der Waals surface area contributed by atoms with E-state index >= 15 is 0 Å². The average Bonchev–Trinajstić information content (AvgIpc) is 3.17. The van der Waals surface area contributed by atoms with E-state index in [9.17, 15) is 19.7 Å². The molecule has 2 amide bonds. The van der Waals surface area contributed by atoms with Crippen LogP contribution in [-0.4, -0.2) is 21.9 Å². The van der Waals surface area contributed by atoms with E-state index in [0.717, 1.165) is 17.7 Å². The molecule has 0 radical (unpaired) electrons. The van der Waals surface area contributed by atoms with E-state index in [1.54, 1.807) is 13.0 Å². The van der Waals surface area contributed by atoms with Crippen molar-refractivity contribution in [3.05, 3.63) is 40.1 Å². The summed E-state index contributed by atoms with van der Waals surface area (Å²) in [5.74, 6) is -0.226. The smallest absolute Gasteiger partial charge is 0.294 e. The molecule has 1 saturated heterocycles. The van der Waals surface area contributed by atoms with Crippen LogP contribution in [0.2, 0.25) is 0 Å². The van der Waals surface area contributed by atoms with Crippen LogP contribution in [0.25, 0.3) is 0 Å². The fourth-order valence-corrected chi connectivity index (χ4v) is 3.90. The molecule has 1 aromatic carbocycles. The Kier molecular flexibility index (Phi) is 4.14. The predicted molar refractivity (Wildman–Crippen MR) is 95.6 cm³/mol. The fraction of sp³-hybridized carbons (Fsp3) is 0.389. The second-order valence-corrected chi connectivity index (χ2v) is 6.92. The molecule has 2 aromatic rings. The van der Waals surface area contributed by atoms with Gasteiger partial charge in [-0.2, -0.15) is 0 Å². The van der Waals surface area contributed by atoms with Crippen molar-refractivity contribution in [2.75, 3.05) is 10.2 Å². The SMILES string of the molecule is Cc1cc(Nc2ccc(N3C(=O)[C@@H]4CCCC[C@H]4C3=O)cc2[N+](=O)[O-])no1. The molecule has 0 spiro atoms. The second-order valence-electron chi connectivity index (χ2n) is 6.92. The number of aromatic nitrogens is 1. The summed E-state index contributed by atoms with van der Waals surface area (Å²) in [7, 11) is 0. The lowest BCUT2D eigenvalue weighted by Gasteiger charge is -2.19. The Balaban J connectivity index is 1.68. The maximum absolute atomic E-state index is 12.7. The molecule has 1 aromatic heterocycles. The Labute approximate surface area is 154 Å². The summed E-state index contributed by atoms with van der Waals surface area (Å²) in [6.07, 6.45) is 3.24. The Bertz CT molecular complexity index is 914. The molecular weight excluding hydrogens is 352 g/mol. The Morgan fingerprint density at radius 3 is 2.41 bits per heavy atom. The van der Waals surface area contributed by atoms with Gasteiger partial charge in [0.15, 0.2) is 5.82 Å². The number of nitrogens with zero attached hydrogens (tertiary/aromatic N) is 3. The number of fused-ring (bicyclic) bond motifs is 1. The van der Waals surface area contributed by atoms with Crippen LogP contribution in [0.15, 0.2) is 28.8 Å². The van der Waals surface area contributed by atoms with E-state index in [1.165, 1.54) is 18.2 Å². The van der Waals surface area contributed by atoms with Crippen LogP contribution in [0.4, 0.5) is 22.9 Å². The zero-order valence-electron chi connectivity index (χ0n) is 14.7. The van der Waals surface area contributed by atoms with E-state index in [0.29, 0.717) is 24.4 Å². The molecule has 27 heavy (non-hydrogen) atoms. The number of rotatable bonds is 4. The standard InChI is InChI=1S/C18H18N4O5/c1-10-8-16(20-27-10)19-14-7-6-11(9-15(14)22(25)26)21-17(23)12-4-2-3-5-13(12)18(21)24/h6-9,12-13H,2-5H2,1H3,(H,19,20)/t12-,13-/m1/s1. The summed E-state index contributed by atoms with van der Waals surface area (Å²) in [6.45, 7) is 1.71. The number of carbonyl (C=O) groups is 2. The number of nitrogens with one attached hydrogen (secondary N) is 1. The molecule has 0 bridgehead atoms. The maximum atomic E-state index is 12.7. The molecule has 2 heterocycles. The van der Waals surface area contributed by atoms with Crippen molar-refractivity contribution in [1.82, 2.24) is 5.16 Å². The summed E-state index contributed by atoms with van der Waals surface area (Å²) in [5, 5.41) is 18.1. The van der Waals surface area contributed by atoms with Crippen LogP contribution in [0.5, 0.6) is 0 Å². The van der Waals surface area contributed by atoms with Crippen LogP contribution in [0.1, 0.15) is 31.4 Å². The molecule has 1 N–H and O–H groups in total. The minimum atomic E-state index is -0.559. The first-order chi connectivity index (χ1) is 13.0. The zero-order chi connectivity index (χ0) is 19.1. The van der Waals surface area contributed by atoms with Crippen molar-refractivity contribution in [3.63, 3.8) is 0 Å². The molecular formula is C18H18N4O5. The number of amides is 2. The van der Waals surface area contributed by atoms with Crippen LogP contribution in [0.3, 0.4) is 0 Å². The number of nitro groups is 1. The van der Waals surface area contributed by atoms with Gasteiger partial charge < -0.3 is 9.84 Å². The number of hydrogen-bond donors (Lipinski definition) is 1. The monoisotopic (exact) mass is 370 g/mol. The molecule has 2 aliphatic rings. The van der Waals surface area contributed by atoms with Gasteiger partial charge in [0.2, 0.25) is 11.8 Å². The predicted octanol–water partition coefficient (Wildman–Crippen LogP) is 3.31. The lowest BCUT2D eigenvalue weighted by Crippen LogP contribution is -2.30. The molecule has 9 heteroatoms. The average molecular weight is 370 g/mol. The van der Waals surface area contributed by atoms with Crippen molar-refractivity contribution < 1.29 is 19.0 Å². The molecule has 1 saturated carbocycles. The van der Waals surface area contributed by atoms with Gasteiger partial charge >= 0.3 is 0 Å². The number of hydrogen-bond acceptors (Lipinski definition) is 7. The van der Waals surface area contributed by atoms with Gasteiger partial charge in [0, 0.05) is 12.1 Å². The summed E-state index contributed by atoms with van der Waals surface area (Å²) >= 11 is 0. The fourth-order valence-electron chi connectivity index (χ4n) is 3.90. The quantitative estimate of drug-likeness (QED) is 0.498. The molecule has 1 aliphatic carbocycles. The van der Waals surface area contributed by atoms with Crippen molar-refractivity contribution in [2.24, 2.45) is 11.8 Å². The van der Waals surface area contributed by atoms with Crippen molar-refractivity contribution in [2.45, 2.75) is 32.6 Å². The van der Waals surface area contributed by atoms with Gasteiger partial charge in [0.05, 0.1) is 22.4 Å². The maximum Gasteiger partial charge on any atom is 0.294 e. The third-order valence-corrected chi connectivity index (χ3v) is 5.17. The molecule has 2 fully saturated rings. The Morgan fingerprint density at radius 2 is 1.85 bits per heavy atom. The minimum absolute atomic E-state index is 0.202. The molecule has 4 rings (SSSR count). The van der Waals surface area contributed by atoms with Crippen LogP contribution in [-0.2, 0) is 9.59 Å². The van der Waals surface area contributed by atoms with Gasteiger partial charge in [-0.1, -0.05) is 18.0 Å². The molecule has 0 unspecified atom stereocenters. The first-order valence-electron chi connectivity index (χ1n) is 8.82. The van der Waals surface area contributed by atoms with E-state index in [-0.39, 0.29) is 40.7 Å². The Hall–Kier alpha value is -3.23. The van der Waals surface area contributed by atoms with E-state index in [2.05, 4.69) is 10.5 Å². The second kappa shape index (κ2) is 6.49. The van der Waals surface area contributed by atoms with Crippen LogP contribution < -0.4 is 10.2 Å². The first kappa shape index (κ1) is 17.2. The van der Waals surface area contributed by atoms with Gasteiger partial charge in [-0.15, -0.1) is 0 Å². The number of aryl methyl sites for hydroxylation is 1. The van der Waals surface area contributed by atoms with E-state index in [1.807, 2.05) is 0 Å². The lowest BCUT2D eigenvalue weighted by molar-refractivity contribution is -0.383. The van der Waals surface area contributed by atoms with Gasteiger partial charge in [-0.05, 0) is 31.9 Å². The van der Waals surface area contributed by atoms with Crippen molar-refractivity contribution in [3.8, 4) is 0 Å². The van der Waals surface area contributed by atoms with E-state index in [4.69, 9.17) is 4.52 Å². The number of anilines is 3. The van der Waals surface area contributed by atoms with Crippen LogP contribution >= 0.6 is 0 Å². The highest BCUT2D eigenvalue weighted by Gasteiger charge is 2.49. The normalized spacial score (nSPS) is 22.0. The zero-order valence-corrected chi connectivity index (χ0v) is 14.7. The number of nitro benzene ring substituents is 1. The summed E-state index contributed by atoms with van der Waals surface area (Å²) in [6, 6.07) is 5.87. The highest BCUT2D eigenvalue weighted by Crippen LogP contribution is 2.41. The largest absolute Gasteiger partial charge is 0.360 e. The van der Waals surface area contributed by atoms with Gasteiger partial charge in [0.1, 0.15) is 11.4 Å². The first-order valence-corrected chi connectivity index (χ1v) is 8.82. The third-order valence-electron chi connectivity index (χ3n) is 5.17. The summed E-state index contributed by atoms with van der Waals surface area (Å²) in [4.78, 5) is 37.5. The van der Waals surface area contributed by atoms with Gasteiger partial charge in [-0.25, -0.2) is 4.90 Å². The molecule has 1 aliphatic heterocycles. The summed E-state index contributed by atoms with van der Waals surface area (Å²) < 4.78 is 4.94. The molecule has 9 nitrogen and oxygen atoms in total. The Morgan fingerprint density at radius 1 is 1.19 bits per heavy atom. The van der Waals surface area contributed by atoms with Crippen molar-refractivity contribution in [1.29, 1.82) is 0 Å².